The predicted octanol–water partition coefficient (Wildman–Crippen LogP) is 7.20. The first-order valence-corrected chi connectivity index (χ1v) is 21.0. The van der Waals surface area contributed by atoms with Crippen molar-refractivity contribution < 1.29 is 43.2 Å². The number of rotatable bonds is 9. The molecule has 10 heteroatoms. The number of carbonyl (C=O) groups excluding carboxylic acids is 3. The van der Waals surface area contributed by atoms with E-state index in [9.17, 15) is 19.5 Å². The molecule has 4 aliphatic carbocycles. The second kappa shape index (κ2) is 15.1. The van der Waals surface area contributed by atoms with Gasteiger partial charge >= 0.3 is 11.9 Å². The van der Waals surface area contributed by atoms with Crippen LogP contribution in [0.1, 0.15) is 120 Å². The Morgan fingerprint density at radius 2 is 1.70 bits per heavy atom. The SMILES string of the molecule is CC(C)(C)OC(=O)CCC(CO)NC(=O)C1=CC2OC3(Cc4ccccc4C3)OC2C(OC(=O)c2ccc(C=C3CCC4OC4(C)CCC4C3CC4(C)C)cc2)C1. The number of aliphatic hydroxyl groups excluding tert-OH is 1. The number of benzene rings is 2. The van der Waals surface area contributed by atoms with Crippen LogP contribution in [-0.2, 0) is 46.1 Å². The van der Waals surface area contributed by atoms with Gasteiger partial charge in [0.05, 0.1) is 29.9 Å². The molecule has 306 valence electrons. The lowest BCUT2D eigenvalue weighted by Gasteiger charge is -2.53. The lowest BCUT2D eigenvalue weighted by Crippen LogP contribution is -2.45. The summed E-state index contributed by atoms with van der Waals surface area (Å²) in [6.45, 7) is 12.1. The number of carbonyl (C=O) groups is 3. The van der Waals surface area contributed by atoms with Crippen molar-refractivity contribution in [2.75, 3.05) is 6.61 Å². The molecule has 8 unspecified atom stereocenters. The van der Waals surface area contributed by atoms with E-state index in [0.29, 0.717) is 47.3 Å². The van der Waals surface area contributed by atoms with Gasteiger partial charge in [0.1, 0.15) is 23.9 Å². The zero-order chi connectivity index (χ0) is 40.3. The molecule has 8 atom stereocenters. The largest absolute Gasteiger partial charge is 0.460 e. The standard InChI is InChI=1S/C47H59NO9/c1-44(2,3)56-40(50)18-16-34(27-49)48-42(51)33-22-37(41-38(23-33)54-47(57-41)24-31-9-7-8-10-32(31)25-47)53-43(52)29-13-11-28(12-14-29)21-30-15-17-39-46(6,55-39)20-19-36-35(30)26-45(36,4)5/h7-14,21,23,34-39,41,49H,15-20,22,24-27H2,1-6H3,(H,48,51). The topological polar surface area (TPSA) is 133 Å². The molecule has 4 fully saturated rings. The van der Waals surface area contributed by atoms with Crippen LogP contribution in [0.15, 0.2) is 65.8 Å². The molecule has 2 aromatic carbocycles. The fraction of sp³-hybridized carbons (Fsp3) is 0.596. The van der Waals surface area contributed by atoms with E-state index in [2.05, 4.69) is 44.3 Å². The molecule has 8 rings (SSSR count). The zero-order valence-corrected chi connectivity index (χ0v) is 34.3. The molecular weight excluding hydrogens is 723 g/mol. The molecule has 10 nitrogen and oxygen atoms in total. The summed E-state index contributed by atoms with van der Waals surface area (Å²) in [6.07, 6.45) is 9.37. The van der Waals surface area contributed by atoms with Gasteiger partial charge in [-0.1, -0.05) is 61.9 Å². The van der Waals surface area contributed by atoms with Gasteiger partial charge in [-0.05, 0) is 118 Å². The number of esters is 2. The number of allylic oxidation sites excluding steroid dienone is 1. The summed E-state index contributed by atoms with van der Waals surface area (Å²) in [6, 6.07) is 15.1. The quantitative estimate of drug-likeness (QED) is 0.200. The summed E-state index contributed by atoms with van der Waals surface area (Å²) in [5.41, 5.74) is 5.34. The van der Waals surface area contributed by atoms with Gasteiger partial charge in [0.15, 0.2) is 5.79 Å². The minimum absolute atomic E-state index is 0.0375. The number of hydrogen-bond acceptors (Lipinski definition) is 9. The van der Waals surface area contributed by atoms with Gasteiger partial charge in [0.25, 0.3) is 0 Å². The second-order valence-electron chi connectivity index (χ2n) is 19.3. The monoisotopic (exact) mass is 781 g/mol. The van der Waals surface area contributed by atoms with Crippen LogP contribution < -0.4 is 5.32 Å². The second-order valence-corrected chi connectivity index (χ2v) is 19.3. The van der Waals surface area contributed by atoms with Crippen LogP contribution in [0.25, 0.3) is 6.08 Å². The number of fused-ring (bicyclic) bond motifs is 4. The third kappa shape index (κ3) is 8.52. The Bertz CT molecular complexity index is 1920. The highest BCUT2D eigenvalue weighted by Gasteiger charge is 2.57. The lowest BCUT2D eigenvalue weighted by atomic mass is 9.52. The van der Waals surface area contributed by atoms with Crippen LogP contribution in [0.4, 0.5) is 0 Å². The molecule has 0 radical (unpaired) electrons. The molecule has 2 N–H and O–H groups in total. The Labute approximate surface area is 336 Å². The van der Waals surface area contributed by atoms with Crippen LogP contribution in [0.3, 0.4) is 0 Å². The molecule has 2 aromatic rings. The minimum Gasteiger partial charge on any atom is -0.460 e. The smallest absolute Gasteiger partial charge is 0.338 e. The number of nitrogens with one attached hydrogen (secondary N) is 1. The molecule has 57 heavy (non-hydrogen) atoms. The van der Waals surface area contributed by atoms with E-state index in [1.165, 1.54) is 18.4 Å². The third-order valence-corrected chi connectivity index (χ3v) is 13.3. The number of hydrogen-bond donors (Lipinski definition) is 2. The molecule has 2 aliphatic heterocycles. The van der Waals surface area contributed by atoms with Gasteiger partial charge < -0.3 is 34.1 Å². The van der Waals surface area contributed by atoms with Gasteiger partial charge in [0, 0.05) is 31.3 Å². The average molecular weight is 782 g/mol. The Balaban J connectivity index is 0.970. The first kappa shape index (κ1) is 40.0. The maximum atomic E-state index is 13.9. The molecule has 6 aliphatic rings. The molecule has 2 saturated carbocycles. The number of aliphatic hydroxyl groups is 1. The third-order valence-electron chi connectivity index (χ3n) is 13.3. The Morgan fingerprint density at radius 1 is 0.982 bits per heavy atom. The first-order chi connectivity index (χ1) is 27.0. The van der Waals surface area contributed by atoms with Gasteiger partial charge in [-0.2, -0.15) is 0 Å². The fourth-order valence-electron chi connectivity index (χ4n) is 10.2. The van der Waals surface area contributed by atoms with Crippen molar-refractivity contribution >= 4 is 23.9 Å². The molecular formula is C47H59NO9. The van der Waals surface area contributed by atoms with Crippen molar-refractivity contribution in [2.24, 2.45) is 17.3 Å². The van der Waals surface area contributed by atoms with Crippen molar-refractivity contribution in [3.8, 4) is 0 Å². The van der Waals surface area contributed by atoms with E-state index >= 15 is 0 Å². The van der Waals surface area contributed by atoms with Gasteiger partial charge in [-0.15, -0.1) is 0 Å². The minimum atomic E-state index is -0.933. The Kier molecular flexibility index (Phi) is 10.6. The van der Waals surface area contributed by atoms with Crippen LogP contribution in [0.5, 0.6) is 0 Å². The summed E-state index contributed by atoms with van der Waals surface area (Å²) in [5.74, 6) is -1.04. The summed E-state index contributed by atoms with van der Waals surface area (Å²) in [5, 5.41) is 13.0. The molecule has 1 amide bonds. The van der Waals surface area contributed by atoms with E-state index in [4.69, 9.17) is 23.7 Å². The van der Waals surface area contributed by atoms with Crippen LogP contribution in [0, 0.1) is 17.3 Å². The van der Waals surface area contributed by atoms with Crippen LogP contribution in [0.2, 0.25) is 0 Å². The molecule has 0 aromatic heterocycles. The number of amides is 1. The Hall–Kier alpha value is -3.83. The number of ether oxygens (including phenoxy) is 5. The van der Waals surface area contributed by atoms with Crippen molar-refractivity contribution in [1.82, 2.24) is 5.32 Å². The molecule has 2 heterocycles. The maximum Gasteiger partial charge on any atom is 0.338 e. The van der Waals surface area contributed by atoms with Crippen molar-refractivity contribution in [2.45, 2.75) is 153 Å². The highest BCUT2D eigenvalue weighted by atomic mass is 16.8. The van der Waals surface area contributed by atoms with Crippen molar-refractivity contribution in [1.29, 1.82) is 0 Å². The average Bonchev–Trinajstić information content (AvgIpc) is 3.44. The molecule has 2 saturated heterocycles. The molecule has 0 bridgehead atoms. The van der Waals surface area contributed by atoms with E-state index in [-0.39, 0.29) is 31.5 Å². The zero-order valence-electron chi connectivity index (χ0n) is 34.3. The highest BCUT2D eigenvalue weighted by molar-refractivity contribution is 5.94. The van der Waals surface area contributed by atoms with Crippen LogP contribution in [-0.4, -0.2) is 77.0 Å². The van der Waals surface area contributed by atoms with Gasteiger partial charge in [-0.25, -0.2) is 4.79 Å². The van der Waals surface area contributed by atoms with Crippen molar-refractivity contribution in [3.63, 3.8) is 0 Å². The molecule has 1 spiro atoms. The maximum absolute atomic E-state index is 13.9. The summed E-state index contributed by atoms with van der Waals surface area (Å²) >= 11 is 0. The van der Waals surface area contributed by atoms with E-state index < -0.39 is 53.6 Å². The fourth-order valence-corrected chi connectivity index (χ4v) is 10.2. The Morgan fingerprint density at radius 3 is 2.37 bits per heavy atom. The van der Waals surface area contributed by atoms with E-state index in [0.717, 1.165) is 36.0 Å². The summed E-state index contributed by atoms with van der Waals surface area (Å²) in [4.78, 5) is 40.0. The van der Waals surface area contributed by atoms with Crippen molar-refractivity contribution in [3.05, 3.63) is 88.0 Å². The highest BCUT2D eigenvalue weighted by Crippen LogP contribution is 2.60. The van der Waals surface area contributed by atoms with Gasteiger partial charge in [-0.3, -0.25) is 9.59 Å². The normalized spacial score (nSPS) is 31.8. The van der Waals surface area contributed by atoms with Crippen LogP contribution >= 0.6 is 0 Å². The number of epoxide rings is 1. The van der Waals surface area contributed by atoms with E-state index in [1.807, 2.05) is 36.4 Å². The summed E-state index contributed by atoms with van der Waals surface area (Å²) < 4.78 is 31.1. The van der Waals surface area contributed by atoms with Gasteiger partial charge in [0.2, 0.25) is 5.91 Å². The lowest BCUT2D eigenvalue weighted by molar-refractivity contribution is -0.172. The first-order valence-electron chi connectivity index (χ1n) is 21.0. The van der Waals surface area contributed by atoms with E-state index in [1.54, 1.807) is 26.8 Å². The summed E-state index contributed by atoms with van der Waals surface area (Å²) in [7, 11) is 0. The predicted molar refractivity (Wildman–Crippen MR) is 214 cm³/mol.